The molecule has 0 unspecified atom stereocenters. The second kappa shape index (κ2) is 8.65. The van der Waals surface area contributed by atoms with Gasteiger partial charge in [-0.15, -0.1) is 0 Å². The summed E-state index contributed by atoms with van der Waals surface area (Å²) < 4.78 is 5.16. The number of ether oxygens (including phenoxy) is 1. The predicted molar refractivity (Wildman–Crippen MR) is 101 cm³/mol. The highest BCUT2D eigenvalue weighted by molar-refractivity contribution is 5.79. The standard InChI is InChI=1S/C20H26N4O2/c1-15-9-11-22-20(23-15)24-13-3-4-17(14-24)19(25)21-12-10-16-5-7-18(26-2)8-6-16/h5-9,11,17H,3-4,10,12-14H2,1-2H3,(H,21,25)/t17-/m0/s1. The molecule has 26 heavy (non-hydrogen) atoms. The molecule has 138 valence electrons. The third kappa shape index (κ3) is 4.71. The first kappa shape index (κ1) is 18.2. The first-order chi connectivity index (χ1) is 12.7. The third-order valence-electron chi connectivity index (χ3n) is 4.73. The fourth-order valence-electron chi connectivity index (χ4n) is 3.23. The lowest BCUT2D eigenvalue weighted by molar-refractivity contribution is -0.125. The molecule has 2 aromatic rings. The number of methoxy groups -OCH3 is 1. The number of nitrogens with one attached hydrogen (secondary N) is 1. The minimum absolute atomic E-state index is 0.0104. The van der Waals surface area contributed by atoms with E-state index >= 15 is 0 Å². The van der Waals surface area contributed by atoms with E-state index in [1.165, 1.54) is 5.56 Å². The predicted octanol–water partition coefficient (Wildman–Crippen LogP) is 2.37. The van der Waals surface area contributed by atoms with Gasteiger partial charge in [-0.2, -0.15) is 0 Å². The Hall–Kier alpha value is -2.63. The molecule has 1 aromatic heterocycles. The molecule has 0 saturated carbocycles. The number of anilines is 1. The minimum atomic E-state index is -0.0104. The summed E-state index contributed by atoms with van der Waals surface area (Å²) in [6.07, 6.45) is 4.48. The lowest BCUT2D eigenvalue weighted by atomic mass is 9.97. The van der Waals surface area contributed by atoms with Crippen LogP contribution < -0.4 is 15.0 Å². The van der Waals surface area contributed by atoms with E-state index in [1.54, 1.807) is 13.3 Å². The number of aromatic nitrogens is 2. The zero-order chi connectivity index (χ0) is 18.4. The monoisotopic (exact) mass is 354 g/mol. The smallest absolute Gasteiger partial charge is 0.225 e. The molecule has 2 heterocycles. The molecule has 1 aromatic carbocycles. The van der Waals surface area contributed by atoms with Crippen LogP contribution in [0.5, 0.6) is 5.75 Å². The van der Waals surface area contributed by atoms with Gasteiger partial charge in [0.1, 0.15) is 5.75 Å². The first-order valence-corrected chi connectivity index (χ1v) is 9.11. The second-order valence-corrected chi connectivity index (χ2v) is 6.67. The van der Waals surface area contributed by atoms with E-state index < -0.39 is 0 Å². The highest BCUT2D eigenvalue weighted by atomic mass is 16.5. The molecule has 1 atom stereocenters. The third-order valence-corrected chi connectivity index (χ3v) is 4.73. The Balaban J connectivity index is 1.49. The van der Waals surface area contributed by atoms with Gasteiger partial charge in [0, 0.05) is 31.5 Å². The molecule has 1 aliphatic rings. The van der Waals surface area contributed by atoms with Crippen LogP contribution in [-0.4, -0.2) is 42.6 Å². The molecule has 6 heteroatoms. The van der Waals surface area contributed by atoms with Gasteiger partial charge in [0.15, 0.2) is 0 Å². The van der Waals surface area contributed by atoms with Crippen molar-refractivity contribution in [1.29, 1.82) is 0 Å². The Kier molecular flexibility index (Phi) is 6.04. The molecule has 1 amide bonds. The van der Waals surface area contributed by atoms with Gasteiger partial charge in [0.25, 0.3) is 0 Å². The molecule has 3 rings (SSSR count). The Labute approximate surface area is 154 Å². The van der Waals surface area contributed by atoms with E-state index in [4.69, 9.17) is 4.74 Å². The van der Waals surface area contributed by atoms with Crippen LogP contribution in [-0.2, 0) is 11.2 Å². The van der Waals surface area contributed by atoms with E-state index in [1.807, 2.05) is 37.3 Å². The molecular formula is C20H26N4O2. The fourth-order valence-corrected chi connectivity index (χ4v) is 3.23. The van der Waals surface area contributed by atoms with Gasteiger partial charge >= 0.3 is 0 Å². The molecule has 1 aliphatic heterocycles. The van der Waals surface area contributed by atoms with Crippen molar-refractivity contribution in [2.24, 2.45) is 5.92 Å². The molecule has 1 N–H and O–H groups in total. The van der Waals surface area contributed by atoms with E-state index in [0.29, 0.717) is 13.1 Å². The van der Waals surface area contributed by atoms with Crippen LogP contribution in [0.25, 0.3) is 0 Å². The topological polar surface area (TPSA) is 67.3 Å². The largest absolute Gasteiger partial charge is 0.497 e. The maximum atomic E-state index is 12.5. The van der Waals surface area contributed by atoms with Crippen LogP contribution in [0.4, 0.5) is 5.95 Å². The minimum Gasteiger partial charge on any atom is -0.497 e. The number of benzene rings is 1. The van der Waals surface area contributed by atoms with Crippen molar-refractivity contribution in [3.63, 3.8) is 0 Å². The number of nitrogens with zero attached hydrogens (tertiary/aromatic N) is 3. The van der Waals surface area contributed by atoms with Crippen LogP contribution in [0.1, 0.15) is 24.1 Å². The number of rotatable bonds is 6. The highest BCUT2D eigenvalue weighted by Crippen LogP contribution is 2.20. The van der Waals surface area contributed by atoms with Crippen LogP contribution in [0, 0.1) is 12.8 Å². The van der Waals surface area contributed by atoms with E-state index in [2.05, 4.69) is 20.2 Å². The number of piperidine rings is 1. The molecule has 1 saturated heterocycles. The number of hydrogen-bond donors (Lipinski definition) is 1. The van der Waals surface area contributed by atoms with Gasteiger partial charge in [-0.3, -0.25) is 4.79 Å². The Morgan fingerprint density at radius 3 is 2.85 bits per heavy atom. The molecule has 0 spiro atoms. The second-order valence-electron chi connectivity index (χ2n) is 6.67. The normalized spacial score (nSPS) is 17.0. The summed E-state index contributed by atoms with van der Waals surface area (Å²) in [5, 5.41) is 3.08. The summed E-state index contributed by atoms with van der Waals surface area (Å²) >= 11 is 0. The van der Waals surface area contributed by atoms with E-state index in [9.17, 15) is 4.79 Å². The highest BCUT2D eigenvalue weighted by Gasteiger charge is 2.26. The first-order valence-electron chi connectivity index (χ1n) is 9.11. The van der Waals surface area contributed by atoms with Crippen molar-refractivity contribution in [2.45, 2.75) is 26.2 Å². The lowest BCUT2D eigenvalue weighted by Crippen LogP contribution is -2.44. The van der Waals surface area contributed by atoms with Gasteiger partial charge < -0.3 is 15.0 Å². The zero-order valence-electron chi connectivity index (χ0n) is 15.4. The Bertz CT molecular complexity index is 733. The van der Waals surface area contributed by atoms with Crippen molar-refractivity contribution in [2.75, 3.05) is 31.6 Å². The number of carbonyl (C=O) groups excluding carboxylic acids is 1. The van der Waals surface area contributed by atoms with Gasteiger partial charge in [0.05, 0.1) is 13.0 Å². The number of aryl methyl sites for hydroxylation is 1. The number of hydrogen-bond acceptors (Lipinski definition) is 5. The Morgan fingerprint density at radius 2 is 2.12 bits per heavy atom. The maximum absolute atomic E-state index is 12.5. The molecule has 6 nitrogen and oxygen atoms in total. The van der Waals surface area contributed by atoms with Gasteiger partial charge in [-0.05, 0) is 49.9 Å². The summed E-state index contributed by atoms with van der Waals surface area (Å²) in [5.74, 6) is 1.68. The molecule has 0 bridgehead atoms. The molecule has 0 radical (unpaired) electrons. The maximum Gasteiger partial charge on any atom is 0.225 e. The van der Waals surface area contributed by atoms with Gasteiger partial charge in [-0.1, -0.05) is 12.1 Å². The number of carbonyl (C=O) groups is 1. The summed E-state index contributed by atoms with van der Waals surface area (Å²) in [4.78, 5) is 23.5. The quantitative estimate of drug-likeness (QED) is 0.863. The summed E-state index contributed by atoms with van der Waals surface area (Å²) in [6.45, 7) is 4.18. The zero-order valence-corrected chi connectivity index (χ0v) is 15.4. The van der Waals surface area contributed by atoms with Crippen LogP contribution in [0.15, 0.2) is 36.5 Å². The van der Waals surface area contributed by atoms with Crippen molar-refractivity contribution in [3.05, 3.63) is 47.8 Å². The average molecular weight is 354 g/mol. The SMILES string of the molecule is COc1ccc(CCNC(=O)[C@H]2CCCN(c3nccc(C)n3)C2)cc1. The van der Waals surface area contributed by atoms with Crippen molar-refractivity contribution in [3.8, 4) is 5.75 Å². The lowest BCUT2D eigenvalue weighted by Gasteiger charge is -2.32. The fraction of sp³-hybridized carbons (Fsp3) is 0.450. The van der Waals surface area contributed by atoms with E-state index in [0.717, 1.165) is 43.2 Å². The summed E-state index contributed by atoms with van der Waals surface area (Å²) in [6, 6.07) is 9.83. The van der Waals surface area contributed by atoms with Crippen molar-refractivity contribution < 1.29 is 9.53 Å². The van der Waals surface area contributed by atoms with Crippen LogP contribution >= 0.6 is 0 Å². The number of amides is 1. The van der Waals surface area contributed by atoms with Gasteiger partial charge in [-0.25, -0.2) is 9.97 Å². The van der Waals surface area contributed by atoms with Gasteiger partial charge in [0.2, 0.25) is 11.9 Å². The van der Waals surface area contributed by atoms with Crippen molar-refractivity contribution >= 4 is 11.9 Å². The summed E-state index contributed by atoms with van der Waals surface area (Å²) in [7, 11) is 1.66. The molecular weight excluding hydrogens is 328 g/mol. The van der Waals surface area contributed by atoms with Crippen LogP contribution in [0.3, 0.4) is 0 Å². The van der Waals surface area contributed by atoms with Crippen LogP contribution in [0.2, 0.25) is 0 Å². The summed E-state index contributed by atoms with van der Waals surface area (Å²) in [5.41, 5.74) is 2.13. The Morgan fingerprint density at radius 1 is 1.31 bits per heavy atom. The molecule has 0 aliphatic carbocycles. The van der Waals surface area contributed by atoms with E-state index in [-0.39, 0.29) is 11.8 Å². The van der Waals surface area contributed by atoms with Crippen molar-refractivity contribution in [1.82, 2.24) is 15.3 Å². The molecule has 1 fully saturated rings. The average Bonchev–Trinajstić information content (AvgIpc) is 2.68.